The van der Waals surface area contributed by atoms with Crippen LogP contribution < -0.4 is 4.74 Å². The molecule has 7 aromatic carbocycles. The average molecular weight is 575 g/mol. The van der Waals surface area contributed by atoms with E-state index in [1.165, 1.54) is 77.5 Å². The highest BCUT2D eigenvalue weighted by Crippen LogP contribution is 2.66. The first kappa shape index (κ1) is 25.0. The maximum atomic E-state index is 6.64. The third kappa shape index (κ3) is 2.99. The second-order valence-corrected chi connectivity index (χ2v) is 13.2. The number of hydrogen-bond acceptors (Lipinski definition) is 1. The fraction of sp³-hybridized carbons (Fsp3) is 0.0909. The minimum absolute atomic E-state index is 0.250. The Morgan fingerprint density at radius 1 is 0.378 bits per heavy atom. The smallest absolute Gasteiger partial charge is 0.132 e. The monoisotopic (exact) mass is 574 g/mol. The molecule has 0 N–H and O–H groups in total. The van der Waals surface area contributed by atoms with Crippen molar-refractivity contribution in [3.63, 3.8) is 0 Å². The van der Waals surface area contributed by atoms with E-state index in [2.05, 4.69) is 159 Å². The Labute approximate surface area is 263 Å². The number of fused-ring (bicyclic) bond motifs is 14. The van der Waals surface area contributed by atoms with Crippen LogP contribution >= 0.6 is 0 Å². The Morgan fingerprint density at radius 3 is 1.64 bits per heavy atom. The fourth-order valence-corrected chi connectivity index (χ4v) is 9.01. The van der Waals surface area contributed by atoms with Gasteiger partial charge in [-0.15, -0.1) is 0 Å². The summed E-state index contributed by atoms with van der Waals surface area (Å²) in [6.07, 6.45) is 0. The van der Waals surface area contributed by atoms with Crippen LogP contribution in [0.1, 0.15) is 47.2 Å². The van der Waals surface area contributed by atoms with Crippen LogP contribution in [0.5, 0.6) is 11.5 Å². The summed E-state index contributed by atoms with van der Waals surface area (Å²) in [5.41, 5.74) is 15.0. The summed E-state index contributed by atoms with van der Waals surface area (Å²) in [6, 6.07) is 53.8. The van der Waals surface area contributed by atoms with Gasteiger partial charge < -0.3 is 4.74 Å². The predicted molar refractivity (Wildman–Crippen MR) is 184 cm³/mol. The van der Waals surface area contributed by atoms with Crippen molar-refractivity contribution in [2.75, 3.05) is 0 Å². The van der Waals surface area contributed by atoms with Gasteiger partial charge in [-0.2, -0.15) is 0 Å². The molecule has 1 aliphatic heterocycles. The lowest BCUT2D eigenvalue weighted by atomic mass is 9.66. The summed E-state index contributed by atoms with van der Waals surface area (Å²) in [4.78, 5) is 0. The van der Waals surface area contributed by atoms with Crippen molar-refractivity contribution in [3.8, 4) is 44.9 Å². The first-order valence-electron chi connectivity index (χ1n) is 15.9. The van der Waals surface area contributed by atoms with Gasteiger partial charge in [-0.1, -0.05) is 147 Å². The van der Waals surface area contributed by atoms with Crippen molar-refractivity contribution in [1.29, 1.82) is 0 Å². The van der Waals surface area contributed by atoms with Gasteiger partial charge in [0.1, 0.15) is 11.5 Å². The zero-order valence-corrected chi connectivity index (χ0v) is 25.3. The third-order valence-electron chi connectivity index (χ3n) is 10.7. The van der Waals surface area contributed by atoms with Crippen LogP contribution in [0.3, 0.4) is 0 Å². The van der Waals surface area contributed by atoms with E-state index in [0.717, 1.165) is 11.5 Å². The Hall–Kier alpha value is -5.40. The molecule has 3 aliphatic rings. The van der Waals surface area contributed by atoms with E-state index in [9.17, 15) is 0 Å². The highest BCUT2D eigenvalue weighted by atomic mass is 16.5. The maximum Gasteiger partial charge on any atom is 0.132 e. The van der Waals surface area contributed by atoms with E-state index in [0.29, 0.717) is 0 Å². The quantitative estimate of drug-likeness (QED) is 0.189. The molecule has 7 aromatic rings. The van der Waals surface area contributed by atoms with Crippen LogP contribution in [0.2, 0.25) is 0 Å². The molecule has 1 atom stereocenters. The molecular weight excluding hydrogens is 544 g/mol. The van der Waals surface area contributed by atoms with E-state index in [1.807, 2.05) is 0 Å². The van der Waals surface area contributed by atoms with Gasteiger partial charge in [0.05, 0.1) is 5.41 Å². The maximum absolute atomic E-state index is 6.64. The molecule has 0 fully saturated rings. The molecular formula is C44H30O. The molecule has 0 bridgehead atoms. The first-order valence-corrected chi connectivity index (χ1v) is 15.9. The van der Waals surface area contributed by atoms with Gasteiger partial charge in [0.15, 0.2) is 0 Å². The van der Waals surface area contributed by atoms with E-state index >= 15 is 0 Å². The van der Waals surface area contributed by atoms with E-state index in [-0.39, 0.29) is 5.41 Å². The molecule has 10 rings (SSSR count). The van der Waals surface area contributed by atoms with Gasteiger partial charge in [0.2, 0.25) is 0 Å². The molecule has 1 spiro atoms. The highest BCUT2D eigenvalue weighted by Gasteiger charge is 2.53. The summed E-state index contributed by atoms with van der Waals surface area (Å²) in [7, 11) is 0. The molecule has 0 saturated carbocycles. The highest BCUT2D eigenvalue weighted by molar-refractivity contribution is 6.05. The second kappa shape index (κ2) is 8.61. The van der Waals surface area contributed by atoms with Gasteiger partial charge in [-0.3, -0.25) is 0 Å². The van der Waals surface area contributed by atoms with Crippen LogP contribution in [0, 0.1) is 0 Å². The lowest BCUT2D eigenvalue weighted by molar-refractivity contribution is 0.419. The average Bonchev–Trinajstić information content (AvgIpc) is 3.56. The number of ether oxygens (including phenoxy) is 1. The number of rotatable bonds is 1. The molecule has 1 heteroatoms. The fourth-order valence-electron chi connectivity index (χ4n) is 9.01. The molecule has 45 heavy (non-hydrogen) atoms. The summed E-state index contributed by atoms with van der Waals surface area (Å²) in [5.74, 6) is 1.88. The van der Waals surface area contributed by atoms with Crippen molar-refractivity contribution < 1.29 is 4.74 Å². The molecule has 0 saturated heterocycles. The van der Waals surface area contributed by atoms with Crippen molar-refractivity contribution in [3.05, 3.63) is 179 Å². The normalized spacial score (nSPS) is 17.6. The third-order valence-corrected chi connectivity index (χ3v) is 10.7. The zero-order chi connectivity index (χ0) is 29.9. The van der Waals surface area contributed by atoms with Crippen LogP contribution in [0.15, 0.2) is 146 Å². The first-order chi connectivity index (χ1) is 22.1. The molecule has 1 unspecified atom stereocenters. The Bertz CT molecular complexity index is 2380. The van der Waals surface area contributed by atoms with Gasteiger partial charge in [-0.05, 0) is 78.5 Å². The summed E-state index contributed by atoms with van der Waals surface area (Å²) in [6.45, 7) is 4.69. The molecule has 1 heterocycles. The van der Waals surface area contributed by atoms with Crippen molar-refractivity contribution in [2.24, 2.45) is 0 Å². The minimum atomic E-state index is -0.463. The Kier molecular flexibility index (Phi) is 4.78. The number of hydrogen-bond donors (Lipinski definition) is 0. The number of para-hydroxylation sites is 1. The largest absolute Gasteiger partial charge is 0.457 e. The topological polar surface area (TPSA) is 9.23 Å². The number of benzene rings is 7. The van der Waals surface area contributed by atoms with Crippen LogP contribution in [0.25, 0.3) is 44.2 Å². The molecule has 212 valence electrons. The molecule has 0 amide bonds. The summed E-state index contributed by atoms with van der Waals surface area (Å²) in [5, 5.41) is 2.59. The Morgan fingerprint density at radius 2 is 0.889 bits per heavy atom. The van der Waals surface area contributed by atoms with Crippen molar-refractivity contribution in [1.82, 2.24) is 0 Å². The lowest BCUT2D eigenvalue weighted by Crippen LogP contribution is -2.28. The van der Waals surface area contributed by atoms with E-state index in [1.54, 1.807) is 0 Å². The Balaban J connectivity index is 1.38. The van der Waals surface area contributed by atoms with Gasteiger partial charge >= 0.3 is 0 Å². The zero-order valence-electron chi connectivity index (χ0n) is 25.3. The van der Waals surface area contributed by atoms with E-state index < -0.39 is 5.41 Å². The molecule has 0 radical (unpaired) electrons. The minimum Gasteiger partial charge on any atom is -0.457 e. The van der Waals surface area contributed by atoms with Gasteiger partial charge in [-0.25, -0.2) is 0 Å². The standard InChI is InChI=1S/C44H30O/c1-43(2)37-22-9-10-23-38(37)45-39-24-12-19-33(42(39)43)32-18-11-17-31-29-15-5-7-20-35(29)44(41(31)32)36-21-8-6-16-30(36)34-26-25-27-13-3-4-14-28(27)40(34)44/h3-26H,1-2H3. The molecule has 2 aliphatic carbocycles. The predicted octanol–water partition coefficient (Wildman–Crippen LogP) is 11.3. The van der Waals surface area contributed by atoms with Gasteiger partial charge in [0.25, 0.3) is 0 Å². The van der Waals surface area contributed by atoms with Crippen molar-refractivity contribution >= 4 is 10.8 Å². The van der Waals surface area contributed by atoms with Crippen LogP contribution in [-0.2, 0) is 10.8 Å². The summed E-state index contributed by atoms with van der Waals surface area (Å²) >= 11 is 0. The second-order valence-electron chi connectivity index (χ2n) is 13.2. The molecule has 1 nitrogen and oxygen atoms in total. The van der Waals surface area contributed by atoms with Gasteiger partial charge in [0, 0.05) is 16.5 Å². The lowest BCUT2D eigenvalue weighted by Gasteiger charge is -2.38. The summed E-state index contributed by atoms with van der Waals surface area (Å²) < 4.78 is 6.64. The van der Waals surface area contributed by atoms with Crippen LogP contribution in [-0.4, -0.2) is 0 Å². The van der Waals surface area contributed by atoms with Crippen LogP contribution in [0.4, 0.5) is 0 Å². The van der Waals surface area contributed by atoms with Crippen molar-refractivity contribution in [2.45, 2.75) is 24.7 Å². The SMILES string of the molecule is CC1(C)c2ccccc2Oc2cccc(-c3cccc4c3C3(c5ccccc5-4)c4ccccc4-c4ccc5ccccc5c43)c21. The molecule has 0 aromatic heterocycles. The van der Waals surface area contributed by atoms with E-state index in [4.69, 9.17) is 4.74 Å².